The van der Waals surface area contributed by atoms with Crippen molar-refractivity contribution in [3.05, 3.63) is 58.6 Å². The highest BCUT2D eigenvalue weighted by atomic mass is 35.5. The number of halogens is 1. The van der Waals surface area contributed by atoms with Gasteiger partial charge in [-0.05, 0) is 42.8 Å². The molecular formula is C17H19ClN2O4S. The number of carbonyl (C=O) groups excluding carboxylic acids is 1. The van der Waals surface area contributed by atoms with E-state index in [9.17, 15) is 13.2 Å². The smallest absolute Gasteiger partial charge is 0.261 e. The minimum absolute atomic E-state index is 0.00466. The number of hydrogen-bond acceptors (Lipinski definition) is 4. The summed E-state index contributed by atoms with van der Waals surface area (Å²) in [5.41, 5.74) is 1.32. The second-order valence-corrected chi connectivity index (χ2v) is 7.46. The van der Waals surface area contributed by atoms with Gasteiger partial charge in [-0.3, -0.25) is 9.52 Å². The van der Waals surface area contributed by atoms with Crippen LogP contribution in [0.4, 0.5) is 5.69 Å². The molecule has 6 nitrogen and oxygen atoms in total. The first-order valence-electron chi connectivity index (χ1n) is 7.49. The fraction of sp³-hybridized carbons (Fsp3) is 0.235. The lowest BCUT2D eigenvalue weighted by molar-refractivity contribution is 0.0936. The number of sulfonamides is 1. The van der Waals surface area contributed by atoms with E-state index < -0.39 is 10.0 Å². The molecule has 1 amide bonds. The molecule has 0 saturated heterocycles. The molecule has 0 heterocycles. The first kappa shape index (κ1) is 19.2. The van der Waals surface area contributed by atoms with Crippen LogP contribution in [0.25, 0.3) is 0 Å². The summed E-state index contributed by atoms with van der Waals surface area (Å²) >= 11 is 5.87. The molecule has 0 aliphatic rings. The fourth-order valence-electron chi connectivity index (χ4n) is 2.14. The molecule has 0 aliphatic carbocycles. The molecular weight excluding hydrogens is 364 g/mol. The van der Waals surface area contributed by atoms with E-state index in [-0.39, 0.29) is 10.8 Å². The van der Waals surface area contributed by atoms with E-state index in [1.54, 1.807) is 31.2 Å². The minimum Gasteiger partial charge on any atom is -0.383 e. The summed E-state index contributed by atoms with van der Waals surface area (Å²) in [4.78, 5) is 12.2. The molecule has 0 saturated carbocycles. The predicted octanol–water partition coefficient (Wildman–Crippen LogP) is 2.83. The number of rotatable bonds is 7. The summed E-state index contributed by atoms with van der Waals surface area (Å²) in [7, 11) is -2.31. The number of aryl methyl sites for hydroxylation is 1. The van der Waals surface area contributed by atoms with Crippen LogP contribution in [0.1, 0.15) is 15.9 Å². The number of ether oxygens (including phenoxy) is 1. The van der Waals surface area contributed by atoms with Crippen molar-refractivity contribution in [3.63, 3.8) is 0 Å². The van der Waals surface area contributed by atoms with Gasteiger partial charge in [-0.25, -0.2) is 8.42 Å². The lowest BCUT2D eigenvalue weighted by Gasteiger charge is -2.12. The van der Waals surface area contributed by atoms with Crippen molar-refractivity contribution in [2.45, 2.75) is 11.8 Å². The first-order valence-corrected chi connectivity index (χ1v) is 9.36. The molecule has 0 unspecified atom stereocenters. The number of nitrogens with one attached hydrogen (secondary N) is 2. The van der Waals surface area contributed by atoms with E-state index in [1.807, 2.05) is 0 Å². The monoisotopic (exact) mass is 382 g/mol. The molecule has 0 radical (unpaired) electrons. The molecule has 0 spiro atoms. The molecule has 8 heteroatoms. The Balaban J connectivity index is 2.26. The SMILES string of the molecule is COCCNC(=O)c1cc(S(=O)(=O)Nc2cccc(Cl)c2)ccc1C. The molecule has 0 bridgehead atoms. The van der Waals surface area contributed by atoms with Crippen LogP contribution < -0.4 is 10.0 Å². The van der Waals surface area contributed by atoms with Crippen LogP contribution in [0.3, 0.4) is 0 Å². The highest BCUT2D eigenvalue weighted by Crippen LogP contribution is 2.21. The third-order valence-electron chi connectivity index (χ3n) is 3.43. The topological polar surface area (TPSA) is 84.5 Å². The summed E-state index contributed by atoms with van der Waals surface area (Å²) in [5.74, 6) is -0.352. The van der Waals surface area contributed by atoms with Gasteiger partial charge in [-0.1, -0.05) is 23.7 Å². The standard InChI is InChI=1S/C17H19ClN2O4S/c1-12-6-7-15(11-16(12)17(21)19-8-9-24-2)25(22,23)20-14-5-3-4-13(18)10-14/h3-7,10-11,20H,8-9H2,1-2H3,(H,19,21). The van der Waals surface area contributed by atoms with Gasteiger partial charge in [-0.15, -0.1) is 0 Å². The second kappa shape index (κ2) is 8.33. The van der Waals surface area contributed by atoms with E-state index in [4.69, 9.17) is 16.3 Å². The Kier molecular flexibility index (Phi) is 6.41. The highest BCUT2D eigenvalue weighted by Gasteiger charge is 2.18. The van der Waals surface area contributed by atoms with Gasteiger partial charge in [0.15, 0.2) is 0 Å². The van der Waals surface area contributed by atoms with Crippen molar-refractivity contribution in [1.82, 2.24) is 5.32 Å². The average molecular weight is 383 g/mol. The molecule has 2 aromatic carbocycles. The Morgan fingerprint density at radius 2 is 1.96 bits per heavy atom. The Morgan fingerprint density at radius 1 is 1.20 bits per heavy atom. The number of amides is 1. The van der Waals surface area contributed by atoms with Crippen LogP contribution in [0.15, 0.2) is 47.4 Å². The van der Waals surface area contributed by atoms with Gasteiger partial charge in [0.25, 0.3) is 15.9 Å². The van der Waals surface area contributed by atoms with Gasteiger partial charge in [0.05, 0.1) is 17.2 Å². The quantitative estimate of drug-likeness (QED) is 0.721. The summed E-state index contributed by atoms with van der Waals surface area (Å²) in [6.07, 6.45) is 0. The molecule has 134 valence electrons. The van der Waals surface area contributed by atoms with Crippen molar-refractivity contribution >= 4 is 33.2 Å². The van der Waals surface area contributed by atoms with Gasteiger partial charge < -0.3 is 10.1 Å². The molecule has 0 atom stereocenters. The van der Waals surface area contributed by atoms with Crippen LogP contribution in [-0.2, 0) is 14.8 Å². The van der Waals surface area contributed by atoms with Gasteiger partial charge in [0, 0.05) is 24.2 Å². The van der Waals surface area contributed by atoms with Crippen molar-refractivity contribution in [2.75, 3.05) is 25.0 Å². The van der Waals surface area contributed by atoms with Crippen LogP contribution in [0.2, 0.25) is 5.02 Å². The molecule has 2 N–H and O–H groups in total. The Labute approximate surface area is 152 Å². The molecule has 0 fully saturated rings. The molecule has 2 rings (SSSR count). The summed E-state index contributed by atoms with van der Waals surface area (Å²) < 4.78 is 32.4. The van der Waals surface area contributed by atoms with Crippen molar-refractivity contribution in [3.8, 4) is 0 Å². The third kappa shape index (κ3) is 5.19. The molecule has 0 aliphatic heterocycles. The Morgan fingerprint density at radius 3 is 2.64 bits per heavy atom. The van der Waals surface area contributed by atoms with Gasteiger partial charge >= 0.3 is 0 Å². The summed E-state index contributed by atoms with van der Waals surface area (Å²) in [6, 6.07) is 10.8. The van der Waals surface area contributed by atoms with Crippen LogP contribution >= 0.6 is 11.6 Å². The number of anilines is 1. The predicted molar refractivity (Wildman–Crippen MR) is 97.6 cm³/mol. The van der Waals surface area contributed by atoms with Crippen LogP contribution in [0.5, 0.6) is 0 Å². The van der Waals surface area contributed by atoms with Crippen molar-refractivity contribution in [1.29, 1.82) is 0 Å². The number of hydrogen-bond donors (Lipinski definition) is 2. The van der Waals surface area contributed by atoms with E-state index in [2.05, 4.69) is 10.0 Å². The maximum Gasteiger partial charge on any atom is 0.261 e. The number of benzene rings is 2. The molecule has 2 aromatic rings. The highest BCUT2D eigenvalue weighted by molar-refractivity contribution is 7.92. The number of carbonyl (C=O) groups is 1. The Hall–Kier alpha value is -2.09. The zero-order valence-corrected chi connectivity index (χ0v) is 15.4. The van der Waals surface area contributed by atoms with E-state index in [1.165, 1.54) is 25.3 Å². The summed E-state index contributed by atoms with van der Waals surface area (Å²) in [5, 5.41) is 3.10. The lowest BCUT2D eigenvalue weighted by atomic mass is 10.1. The van der Waals surface area contributed by atoms with Crippen molar-refractivity contribution < 1.29 is 17.9 Å². The fourth-order valence-corrected chi connectivity index (χ4v) is 3.41. The molecule has 25 heavy (non-hydrogen) atoms. The second-order valence-electron chi connectivity index (χ2n) is 5.34. The summed E-state index contributed by atoms with van der Waals surface area (Å²) in [6.45, 7) is 2.46. The van der Waals surface area contributed by atoms with E-state index in [0.717, 1.165) is 0 Å². The van der Waals surface area contributed by atoms with Gasteiger partial charge in [0.2, 0.25) is 0 Å². The van der Waals surface area contributed by atoms with Gasteiger partial charge in [0.1, 0.15) is 0 Å². The first-order chi connectivity index (χ1) is 11.8. The number of methoxy groups -OCH3 is 1. The normalized spacial score (nSPS) is 11.2. The van der Waals surface area contributed by atoms with Crippen molar-refractivity contribution in [2.24, 2.45) is 0 Å². The lowest BCUT2D eigenvalue weighted by Crippen LogP contribution is -2.28. The zero-order valence-electron chi connectivity index (χ0n) is 13.9. The van der Waals surface area contributed by atoms with Crippen LogP contribution in [0, 0.1) is 6.92 Å². The zero-order chi connectivity index (χ0) is 18.4. The van der Waals surface area contributed by atoms with Crippen LogP contribution in [-0.4, -0.2) is 34.6 Å². The van der Waals surface area contributed by atoms with E-state index in [0.29, 0.717) is 35.0 Å². The van der Waals surface area contributed by atoms with E-state index >= 15 is 0 Å². The maximum absolute atomic E-state index is 12.6. The third-order valence-corrected chi connectivity index (χ3v) is 5.05. The largest absolute Gasteiger partial charge is 0.383 e. The minimum atomic E-state index is -3.84. The average Bonchev–Trinajstić information content (AvgIpc) is 2.54. The van der Waals surface area contributed by atoms with Gasteiger partial charge in [-0.2, -0.15) is 0 Å². The molecule has 0 aromatic heterocycles. The Bertz CT molecular complexity index is 869. The maximum atomic E-state index is 12.6.